The lowest BCUT2D eigenvalue weighted by atomic mass is 9.89. The normalized spacial score (nSPS) is 26.1. The van der Waals surface area contributed by atoms with E-state index >= 15 is 0 Å². The number of aromatic nitrogens is 3. The van der Waals surface area contributed by atoms with Crippen molar-refractivity contribution >= 4 is 5.91 Å². The molecule has 0 aromatic carbocycles. The summed E-state index contributed by atoms with van der Waals surface area (Å²) in [5, 5.41) is 4.22. The van der Waals surface area contributed by atoms with Gasteiger partial charge in [-0.05, 0) is 31.0 Å². The first-order valence-electron chi connectivity index (χ1n) is 8.63. The largest absolute Gasteiger partial charge is 0.486 e. The van der Waals surface area contributed by atoms with Crippen molar-refractivity contribution in [3.8, 4) is 5.75 Å². The SMILES string of the molecule is Cn1ccc(C(=O)N2CCC[C@]3(C[C@@H](Oc4cccnc4)CO3)C2)n1. The number of carbonyl (C=O) groups excluding carboxylic acids is 1. The highest BCUT2D eigenvalue weighted by Crippen LogP contribution is 2.36. The Morgan fingerprint density at radius 3 is 3.12 bits per heavy atom. The van der Waals surface area contributed by atoms with Crippen molar-refractivity contribution in [3.05, 3.63) is 42.5 Å². The fourth-order valence-corrected chi connectivity index (χ4v) is 3.73. The Morgan fingerprint density at radius 2 is 2.36 bits per heavy atom. The summed E-state index contributed by atoms with van der Waals surface area (Å²) in [5.74, 6) is 0.727. The van der Waals surface area contributed by atoms with Gasteiger partial charge in [-0.25, -0.2) is 0 Å². The first kappa shape index (κ1) is 16.1. The first-order valence-corrected chi connectivity index (χ1v) is 8.63. The van der Waals surface area contributed by atoms with Crippen LogP contribution in [0.15, 0.2) is 36.8 Å². The van der Waals surface area contributed by atoms with Gasteiger partial charge in [-0.15, -0.1) is 0 Å². The average Bonchev–Trinajstić information content (AvgIpc) is 3.22. The number of ether oxygens (including phenoxy) is 2. The predicted octanol–water partition coefficient (Wildman–Crippen LogP) is 1.66. The maximum absolute atomic E-state index is 12.7. The molecule has 7 heteroatoms. The van der Waals surface area contributed by atoms with E-state index in [-0.39, 0.29) is 17.6 Å². The minimum atomic E-state index is -0.310. The summed E-state index contributed by atoms with van der Waals surface area (Å²) in [7, 11) is 1.81. The second-order valence-electron chi connectivity index (χ2n) is 6.83. The van der Waals surface area contributed by atoms with E-state index in [1.165, 1.54) is 0 Å². The van der Waals surface area contributed by atoms with Crippen molar-refractivity contribution in [1.29, 1.82) is 0 Å². The van der Waals surface area contributed by atoms with Crippen LogP contribution in [0.4, 0.5) is 0 Å². The highest BCUT2D eigenvalue weighted by atomic mass is 16.6. The zero-order chi connectivity index (χ0) is 17.3. The van der Waals surface area contributed by atoms with E-state index in [9.17, 15) is 4.79 Å². The quantitative estimate of drug-likeness (QED) is 0.848. The number of nitrogens with zero attached hydrogens (tertiary/aromatic N) is 4. The monoisotopic (exact) mass is 342 g/mol. The Kier molecular flexibility index (Phi) is 4.17. The van der Waals surface area contributed by atoms with E-state index in [4.69, 9.17) is 9.47 Å². The minimum absolute atomic E-state index is 0.00546. The molecule has 2 aromatic heterocycles. The highest BCUT2D eigenvalue weighted by molar-refractivity contribution is 5.92. The second kappa shape index (κ2) is 6.48. The Balaban J connectivity index is 1.41. The van der Waals surface area contributed by atoms with Gasteiger partial charge in [0.15, 0.2) is 0 Å². The Hall–Kier alpha value is -2.41. The van der Waals surface area contributed by atoms with Gasteiger partial charge in [0.2, 0.25) is 0 Å². The smallest absolute Gasteiger partial charge is 0.274 e. The van der Waals surface area contributed by atoms with Gasteiger partial charge in [-0.3, -0.25) is 14.5 Å². The average molecular weight is 342 g/mol. The number of pyridine rings is 1. The maximum atomic E-state index is 12.7. The summed E-state index contributed by atoms with van der Waals surface area (Å²) in [6.45, 7) is 1.88. The van der Waals surface area contributed by atoms with Crippen LogP contribution < -0.4 is 4.74 Å². The Bertz CT molecular complexity index is 748. The van der Waals surface area contributed by atoms with Crippen LogP contribution in [0, 0.1) is 0 Å². The summed E-state index contributed by atoms with van der Waals surface area (Å²) in [4.78, 5) is 18.6. The minimum Gasteiger partial charge on any atom is -0.486 e. The van der Waals surface area contributed by atoms with Crippen LogP contribution in [0.1, 0.15) is 29.8 Å². The van der Waals surface area contributed by atoms with Gasteiger partial charge in [0.05, 0.1) is 24.9 Å². The van der Waals surface area contributed by atoms with Gasteiger partial charge in [-0.2, -0.15) is 5.10 Å². The molecule has 1 spiro atoms. The zero-order valence-corrected chi connectivity index (χ0v) is 14.3. The summed E-state index contributed by atoms with van der Waals surface area (Å²) in [6, 6.07) is 5.51. The van der Waals surface area contributed by atoms with Crippen LogP contribution in [0.5, 0.6) is 5.75 Å². The summed E-state index contributed by atoms with van der Waals surface area (Å²) in [6.07, 6.45) is 7.88. The maximum Gasteiger partial charge on any atom is 0.274 e. The number of aryl methyl sites for hydroxylation is 1. The topological polar surface area (TPSA) is 69.5 Å². The number of amides is 1. The molecule has 2 aromatic rings. The Morgan fingerprint density at radius 1 is 1.44 bits per heavy atom. The highest BCUT2D eigenvalue weighted by Gasteiger charge is 2.45. The molecule has 2 aliphatic heterocycles. The van der Waals surface area contributed by atoms with Crippen LogP contribution in [0.25, 0.3) is 0 Å². The van der Waals surface area contributed by atoms with Gasteiger partial charge in [0, 0.05) is 32.4 Å². The molecule has 2 atom stereocenters. The van der Waals surface area contributed by atoms with Crippen LogP contribution in [0.2, 0.25) is 0 Å². The van der Waals surface area contributed by atoms with Crippen LogP contribution in [-0.2, 0) is 11.8 Å². The third-order valence-corrected chi connectivity index (χ3v) is 4.87. The molecular formula is C18H22N4O3. The third kappa shape index (κ3) is 3.37. The standard InChI is InChI=1S/C18H22N4O3/c1-21-9-5-16(20-21)17(23)22-8-3-6-18(13-22)10-15(12-24-18)25-14-4-2-7-19-11-14/h2,4-5,7,9,11,15H,3,6,8,10,12-13H2,1H3/t15-,18+/m1/s1. The van der Waals surface area contributed by atoms with Gasteiger partial charge in [0.25, 0.3) is 5.91 Å². The van der Waals surface area contributed by atoms with Gasteiger partial charge in [0.1, 0.15) is 17.5 Å². The van der Waals surface area contributed by atoms with Crippen molar-refractivity contribution in [2.45, 2.75) is 31.0 Å². The number of hydrogen-bond donors (Lipinski definition) is 0. The molecule has 0 bridgehead atoms. The molecule has 7 nitrogen and oxygen atoms in total. The zero-order valence-electron chi connectivity index (χ0n) is 14.3. The first-order chi connectivity index (χ1) is 12.1. The molecule has 2 aliphatic rings. The van der Waals surface area contributed by atoms with E-state index in [1.54, 1.807) is 29.3 Å². The lowest BCUT2D eigenvalue weighted by Gasteiger charge is -2.39. The molecule has 0 radical (unpaired) electrons. The number of hydrogen-bond acceptors (Lipinski definition) is 5. The number of rotatable bonds is 3. The van der Waals surface area contributed by atoms with Gasteiger partial charge in [-0.1, -0.05) is 0 Å². The Labute approximate surface area is 146 Å². The van der Waals surface area contributed by atoms with Gasteiger partial charge >= 0.3 is 0 Å². The molecule has 0 saturated carbocycles. The number of carbonyl (C=O) groups is 1. The molecule has 2 fully saturated rings. The van der Waals surface area contributed by atoms with E-state index in [1.807, 2.05) is 24.1 Å². The van der Waals surface area contributed by atoms with Gasteiger partial charge < -0.3 is 14.4 Å². The molecular weight excluding hydrogens is 320 g/mol. The van der Waals surface area contributed by atoms with Crippen molar-refractivity contribution in [2.75, 3.05) is 19.7 Å². The fourth-order valence-electron chi connectivity index (χ4n) is 3.73. The predicted molar refractivity (Wildman–Crippen MR) is 90.3 cm³/mol. The summed E-state index contributed by atoms with van der Waals surface area (Å²) < 4.78 is 13.8. The van der Waals surface area contributed by atoms with Crippen molar-refractivity contribution in [3.63, 3.8) is 0 Å². The van der Waals surface area contributed by atoms with E-state index < -0.39 is 0 Å². The van der Waals surface area contributed by atoms with Crippen LogP contribution in [0.3, 0.4) is 0 Å². The molecule has 0 N–H and O–H groups in total. The summed E-state index contributed by atoms with van der Waals surface area (Å²) in [5.41, 5.74) is 0.177. The van der Waals surface area contributed by atoms with E-state index in [0.29, 0.717) is 18.8 Å². The molecule has 1 amide bonds. The number of piperidine rings is 1. The van der Waals surface area contributed by atoms with Crippen LogP contribution in [-0.4, -0.2) is 57.0 Å². The van der Waals surface area contributed by atoms with Crippen molar-refractivity contribution in [2.24, 2.45) is 7.05 Å². The van der Waals surface area contributed by atoms with Crippen LogP contribution >= 0.6 is 0 Å². The molecule has 25 heavy (non-hydrogen) atoms. The molecule has 132 valence electrons. The van der Waals surface area contributed by atoms with E-state index in [2.05, 4.69) is 10.1 Å². The number of likely N-dealkylation sites (tertiary alicyclic amines) is 1. The fraction of sp³-hybridized carbons (Fsp3) is 0.500. The van der Waals surface area contributed by atoms with E-state index in [0.717, 1.165) is 31.6 Å². The third-order valence-electron chi connectivity index (χ3n) is 4.87. The van der Waals surface area contributed by atoms with Crippen molar-refractivity contribution < 1.29 is 14.3 Å². The lowest BCUT2D eigenvalue weighted by molar-refractivity contribution is -0.0454. The van der Waals surface area contributed by atoms with Crippen molar-refractivity contribution in [1.82, 2.24) is 19.7 Å². The molecule has 4 heterocycles. The second-order valence-corrected chi connectivity index (χ2v) is 6.83. The molecule has 4 rings (SSSR count). The molecule has 2 saturated heterocycles. The molecule has 0 aliphatic carbocycles. The summed E-state index contributed by atoms with van der Waals surface area (Å²) >= 11 is 0. The lowest BCUT2D eigenvalue weighted by Crippen LogP contribution is -2.50. The molecule has 0 unspecified atom stereocenters.